The van der Waals surface area contributed by atoms with E-state index in [2.05, 4.69) is 31.2 Å². The van der Waals surface area contributed by atoms with Crippen molar-refractivity contribution in [2.45, 2.75) is 69.8 Å². The van der Waals surface area contributed by atoms with Gasteiger partial charge in [-0.25, -0.2) is 0 Å². The summed E-state index contributed by atoms with van der Waals surface area (Å²) in [6, 6.07) is 8.55. The van der Waals surface area contributed by atoms with E-state index in [-0.39, 0.29) is 11.5 Å². The second-order valence-corrected chi connectivity index (χ2v) is 6.24. The van der Waals surface area contributed by atoms with Gasteiger partial charge in [0.2, 0.25) is 0 Å². The maximum Gasteiger partial charge on any atom is 0.0649 e. The third-order valence-electron chi connectivity index (χ3n) is 4.96. The Morgan fingerprint density at radius 3 is 2.80 bits per heavy atom. The Morgan fingerprint density at radius 2 is 2.05 bits per heavy atom. The summed E-state index contributed by atoms with van der Waals surface area (Å²) in [7, 11) is 0. The van der Waals surface area contributed by atoms with Crippen molar-refractivity contribution < 1.29 is 5.11 Å². The number of unbranched alkanes of at least 4 members (excludes halogenated alkanes) is 3. The van der Waals surface area contributed by atoms with E-state index >= 15 is 0 Å². The molecule has 2 atom stereocenters. The largest absolute Gasteiger partial charge is 0.392 e. The molecular weight excluding hydrogens is 246 g/mol. The monoisotopic (exact) mass is 275 g/mol. The molecular formula is C18H29NO. The molecule has 1 aromatic rings. The minimum absolute atomic E-state index is 0.207. The van der Waals surface area contributed by atoms with Crippen LogP contribution in [0.1, 0.15) is 63.0 Å². The molecule has 20 heavy (non-hydrogen) atoms. The standard InChI is InChI=1S/C18H29NO/c1-2-3-4-5-12-17(20)18(14-19)13-8-10-15-9-6-7-11-16(15)18/h6-7,9,11,17,20H,2-5,8,10,12-14,19H2,1H3. The average Bonchev–Trinajstić information content (AvgIpc) is 2.50. The summed E-state index contributed by atoms with van der Waals surface area (Å²) in [6.07, 6.45) is 8.70. The van der Waals surface area contributed by atoms with Crippen LogP contribution in [0, 0.1) is 0 Å². The first-order valence-electron chi connectivity index (χ1n) is 8.21. The molecule has 0 spiro atoms. The number of benzene rings is 1. The van der Waals surface area contributed by atoms with E-state index in [1.807, 2.05) is 0 Å². The first-order valence-corrected chi connectivity index (χ1v) is 8.21. The molecule has 2 nitrogen and oxygen atoms in total. The van der Waals surface area contributed by atoms with E-state index in [1.165, 1.54) is 30.4 Å². The predicted molar refractivity (Wildman–Crippen MR) is 84.9 cm³/mol. The van der Waals surface area contributed by atoms with E-state index in [4.69, 9.17) is 5.73 Å². The molecule has 2 unspecified atom stereocenters. The lowest BCUT2D eigenvalue weighted by atomic mass is 9.65. The Bertz CT molecular complexity index is 418. The predicted octanol–water partition coefficient (Wildman–Crippen LogP) is 3.55. The molecule has 2 rings (SSSR count). The molecule has 1 aromatic carbocycles. The molecule has 0 bridgehead atoms. The van der Waals surface area contributed by atoms with Gasteiger partial charge >= 0.3 is 0 Å². The van der Waals surface area contributed by atoms with Gasteiger partial charge in [0.15, 0.2) is 0 Å². The molecule has 0 aliphatic heterocycles. The molecule has 0 fully saturated rings. The maximum atomic E-state index is 10.8. The van der Waals surface area contributed by atoms with Crippen molar-refractivity contribution in [2.75, 3.05) is 6.54 Å². The minimum atomic E-state index is -0.300. The summed E-state index contributed by atoms with van der Waals surface area (Å²) < 4.78 is 0. The van der Waals surface area contributed by atoms with Crippen LogP contribution < -0.4 is 5.73 Å². The average molecular weight is 275 g/mol. The molecule has 0 saturated carbocycles. The second-order valence-electron chi connectivity index (χ2n) is 6.24. The van der Waals surface area contributed by atoms with Crippen LogP contribution in [0.2, 0.25) is 0 Å². The molecule has 2 heteroatoms. The van der Waals surface area contributed by atoms with Gasteiger partial charge in [-0.05, 0) is 36.8 Å². The zero-order chi connectivity index (χ0) is 14.4. The highest BCUT2D eigenvalue weighted by Crippen LogP contribution is 2.40. The molecule has 0 radical (unpaired) electrons. The Morgan fingerprint density at radius 1 is 1.25 bits per heavy atom. The summed E-state index contributed by atoms with van der Waals surface area (Å²) in [5.41, 5.74) is 8.61. The number of hydrogen-bond donors (Lipinski definition) is 2. The smallest absolute Gasteiger partial charge is 0.0649 e. The molecule has 0 amide bonds. The number of aliphatic hydroxyl groups is 1. The van der Waals surface area contributed by atoms with Crippen LogP contribution >= 0.6 is 0 Å². The van der Waals surface area contributed by atoms with E-state index < -0.39 is 0 Å². The van der Waals surface area contributed by atoms with Gasteiger partial charge in [0.05, 0.1) is 6.10 Å². The first kappa shape index (κ1) is 15.5. The van der Waals surface area contributed by atoms with Crippen molar-refractivity contribution in [3.63, 3.8) is 0 Å². The van der Waals surface area contributed by atoms with E-state index in [9.17, 15) is 5.11 Å². The van der Waals surface area contributed by atoms with Crippen molar-refractivity contribution in [3.05, 3.63) is 35.4 Å². The van der Waals surface area contributed by atoms with Crippen molar-refractivity contribution in [2.24, 2.45) is 5.73 Å². The fourth-order valence-electron chi connectivity index (χ4n) is 3.69. The van der Waals surface area contributed by atoms with Crippen LogP contribution in [0.15, 0.2) is 24.3 Å². The van der Waals surface area contributed by atoms with Gasteiger partial charge in [-0.2, -0.15) is 0 Å². The topological polar surface area (TPSA) is 46.2 Å². The lowest BCUT2D eigenvalue weighted by molar-refractivity contribution is 0.0624. The van der Waals surface area contributed by atoms with Gasteiger partial charge in [0, 0.05) is 12.0 Å². The van der Waals surface area contributed by atoms with Crippen LogP contribution in [-0.4, -0.2) is 17.8 Å². The molecule has 0 saturated heterocycles. The summed E-state index contributed by atoms with van der Waals surface area (Å²) >= 11 is 0. The Balaban J connectivity index is 2.13. The number of rotatable bonds is 7. The molecule has 0 aromatic heterocycles. The van der Waals surface area contributed by atoms with Gasteiger partial charge in [0.1, 0.15) is 0 Å². The van der Waals surface area contributed by atoms with E-state index in [1.54, 1.807) is 0 Å². The number of nitrogens with two attached hydrogens (primary N) is 1. The van der Waals surface area contributed by atoms with Crippen molar-refractivity contribution in [1.82, 2.24) is 0 Å². The van der Waals surface area contributed by atoms with Gasteiger partial charge in [-0.1, -0.05) is 56.9 Å². The fraction of sp³-hybridized carbons (Fsp3) is 0.667. The summed E-state index contributed by atoms with van der Waals surface area (Å²) in [5, 5.41) is 10.8. The van der Waals surface area contributed by atoms with Crippen LogP contribution in [0.3, 0.4) is 0 Å². The zero-order valence-electron chi connectivity index (χ0n) is 12.8. The van der Waals surface area contributed by atoms with E-state index in [0.29, 0.717) is 6.54 Å². The summed E-state index contributed by atoms with van der Waals surface area (Å²) in [4.78, 5) is 0. The molecule has 1 aliphatic rings. The summed E-state index contributed by atoms with van der Waals surface area (Å²) in [5.74, 6) is 0. The van der Waals surface area contributed by atoms with Gasteiger partial charge < -0.3 is 10.8 Å². The number of hydrogen-bond acceptors (Lipinski definition) is 2. The fourth-order valence-corrected chi connectivity index (χ4v) is 3.69. The van der Waals surface area contributed by atoms with E-state index in [0.717, 1.165) is 32.1 Å². The highest BCUT2D eigenvalue weighted by Gasteiger charge is 2.40. The quantitative estimate of drug-likeness (QED) is 0.748. The number of aliphatic hydroxyl groups excluding tert-OH is 1. The van der Waals surface area contributed by atoms with Crippen LogP contribution in [0.4, 0.5) is 0 Å². The second kappa shape index (κ2) is 7.24. The van der Waals surface area contributed by atoms with Crippen LogP contribution in [0.25, 0.3) is 0 Å². The molecule has 0 heterocycles. The molecule has 3 N–H and O–H groups in total. The number of fused-ring (bicyclic) bond motifs is 1. The van der Waals surface area contributed by atoms with Crippen molar-refractivity contribution in [1.29, 1.82) is 0 Å². The lowest BCUT2D eigenvalue weighted by Crippen LogP contribution is -2.48. The Labute approximate surface area is 123 Å². The third kappa shape index (κ3) is 3.07. The highest BCUT2D eigenvalue weighted by atomic mass is 16.3. The van der Waals surface area contributed by atoms with Crippen LogP contribution in [-0.2, 0) is 11.8 Å². The number of aryl methyl sites for hydroxylation is 1. The molecule has 1 aliphatic carbocycles. The summed E-state index contributed by atoms with van der Waals surface area (Å²) in [6.45, 7) is 2.77. The Kier molecular flexibility index (Phi) is 5.62. The first-order chi connectivity index (χ1) is 9.74. The van der Waals surface area contributed by atoms with Gasteiger partial charge in [0.25, 0.3) is 0 Å². The van der Waals surface area contributed by atoms with Crippen LogP contribution in [0.5, 0.6) is 0 Å². The van der Waals surface area contributed by atoms with Crippen molar-refractivity contribution in [3.8, 4) is 0 Å². The lowest BCUT2D eigenvalue weighted by Gasteiger charge is -2.42. The van der Waals surface area contributed by atoms with Crippen molar-refractivity contribution >= 4 is 0 Å². The minimum Gasteiger partial charge on any atom is -0.392 e. The third-order valence-corrected chi connectivity index (χ3v) is 4.96. The highest BCUT2D eigenvalue weighted by molar-refractivity contribution is 5.38. The zero-order valence-corrected chi connectivity index (χ0v) is 12.8. The normalized spacial score (nSPS) is 23.4. The Hall–Kier alpha value is -0.860. The SMILES string of the molecule is CCCCCCC(O)C1(CN)CCCc2ccccc21. The van der Waals surface area contributed by atoms with Gasteiger partial charge in [-0.3, -0.25) is 0 Å². The van der Waals surface area contributed by atoms with Gasteiger partial charge in [-0.15, -0.1) is 0 Å². The maximum absolute atomic E-state index is 10.8. The molecule has 112 valence electrons.